The Morgan fingerprint density at radius 2 is 1.75 bits per heavy atom. The maximum atomic E-state index is 12.6. The summed E-state index contributed by atoms with van der Waals surface area (Å²) in [5.74, 6) is -0.260. The second kappa shape index (κ2) is 8.08. The number of aryl methyl sites for hydroxylation is 1. The van der Waals surface area contributed by atoms with Gasteiger partial charge in [-0.15, -0.1) is 0 Å². The van der Waals surface area contributed by atoms with Crippen LogP contribution in [0.3, 0.4) is 0 Å². The van der Waals surface area contributed by atoms with Crippen molar-refractivity contribution < 1.29 is 18.0 Å². The van der Waals surface area contributed by atoms with Gasteiger partial charge in [-0.2, -0.15) is 13.2 Å². The summed E-state index contributed by atoms with van der Waals surface area (Å²) >= 11 is 0. The zero-order valence-electron chi connectivity index (χ0n) is 14.9. The van der Waals surface area contributed by atoms with Crippen LogP contribution in [0.15, 0.2) is 60.8 Å². The molecule has 2 aromatic carbocycles. The summed E-state index contributed by atoms with van der Waals surface area (Å²) in [7, 11) is 0. The highest BCUT2D eigenvalue weighted by Gasteiger charge is 2.30. The van der Waals surface area contributed by atoms with Gasteiger partial charge in [0.1, 0.15) is 5.69 Å². The summed E-state index contributed by atoms with van der Waals surface area (Å²) in [5.41, 5.74) is 1.75. The molecule has 1 heterocycles. The number of carbonyl (C=O) groups is 1. The zero-order chi connectivity index (χ0) is 20.1. The predicted molar refractivity (Wildman–Crippen MR) is 99.9 cm³/mol. The SMILES string of the molecule is Cc1ccccc1CNc1nccc(C(=O)Nc2ccc(C(F)(F)F)cc2)n1. The summed E-state index contributed by atoms with van der Waals surface area (Å²) < 4.78 is 37.8. The van der Waals surface area contributed by atoms with Crippen LogP contribution in [0.4, 0.5) is 24.8 Å². The molecule has 0 spiro atoms. The van der Waals surface area contributed by atoms with Crippen molar-refractivity contribution in [2.45, 2.75) is 19.6 Å². The molecule has 1 aromatic heterocycles. The maximum absolute atomic E-state index is 12.6. The number of alkyl halides is 3. The minimum absolute atomic E-state index is 0.0992. The van der Waals surface area contributed by atoms with Crippen LogP contribution in [0.2, 0.25) is 0 Å². The Morgan fingerprint density at radius 3 is 2.43 bits per heavy atom. The largest absolute Gasteiger partial charge is 0.416 e. The van der Waals surface area contributed by atoms with E-state index in [1.807, 2.05) is 31.2 Å². The third kappa shape index (κ3) is 4.85. The molecule has 2 N–H and O–H groups in total. The third-order valence-corrected chi connectivity index (χ3v) is 4.06. The number of hydrogen-bond acceptors (Lipinski definition) is 4. The maximum Gasteiger partial charge on any atom is 0.416 e. The van der Waals surface area contributed by atoms with Crippen molar-refractivity contribution in [3.63, 3.8) is 0 Å². The van der Waals surface area contributed by atoms with Gasteiger partial charge in [0, 0.05) is 18.4 Å². The number of hydrogen-bond donors (Lipinski definition) is 2. The minimum atomic E-state index is -4.42. The second-order valence-corrected chi connectivity index (χ2v) is 6.07. The van der Waals surface area contributed by atoms with Gasteiger partial charge in [0.15, 0.2) is 0 Å². The molecular weight excluding hydrogens is 369 g/mol. The van der Waals surface area contributed by atoms with Gasteiger partial charge in [-0.3, -0.25) is 4.79 Å². The van der Waals surface area contributed by atoms with E-state index in [9.17, 15) is 18.0 Å². The van der Waals surface area contributed by atoms with Crippen molar-refractivity contribution in [3.05, 3.63) is 83.2 Å². The number of aromatic nitrogens is 2. The number of amides is 1. The molecule has 0 radical (unpaired) electrons. The molecule has 0 fully saturated rings. The first-order valence-corrected chi connectivity index (χ1v) is 8.43. The highest BCUT2D eigenvalue weighted by Crippen LogP contribution is 2.29. The molecule has 144 valence electrons. The zero-order valence-corrected chi connectivity index (χ0v) is 14.9. The van der Waals surface area contributed by atoms with Crippen LogP contribution >= 0.6 is 0 Å². The van der Waals surface area contributed by atoms with Crippen LogP contribution < -0.4 is 10.6 Å². The van der Waals surface area contributed by atoms with Crippen molar-refractivity contribution in [2.75, 3.05) is 10.6 Å². The van der Waals surface area contributed by atoms with E-state index in [0.717, 1.165) is 23.3 Å². The molecule has 0 aliphatic carbocycles. The average molecular weight is 386 g/mol. The van der Waals surface area contributed by atoms with E-state index in [1.165, 1.54) is 24.4 Å². The van der Waals surface area contributed by atoms with Crippen LogP contribution in [0, 0.1) is 6.92 Å². The molecule has 0 saturated carbocycles. The molecule has 0 atom stereocenters. The van der Waals surface area contributed by atoms with Crippen LogP contribution in [0.25, 0.3) is 0 Å². The van der Waals surface area contributed by atoms with Gasteiger partial charge < -0.3 is 10.6 Å². The van der Waals surface area contributed by atoms with E-state index in [0.29, 0.717) is 6.54 Å². The normalized spacial score (nSPS) is 11.1. The highest BCUT2D eigenvalue weighted by atomic mass is 19.4. The molecule has 0 aliphatic heterocycles. The van der Waals surface area contributed by atoms with Gasteiger partial charge in [0.25, 0.3) is 5.91 Å². The lowest BCUT2D eigenvalue weighted by Gasteiger charge is -2.10. The Labute approximate surface area is 159 Å². The average Bonchev–Trinajstić information content (AvgIpc) is 2.67. The molecule has 3 rings (SSSR count). The van der Waals surface area contributed by atoms with E-state index in [4.69, 9.17) is 0 Å². The van der Waals surface area contributed by atoms with Gasteiger partial charge in [-0.25, -0.2) is 9.97 Å². The van der Waals surface area contributed by atoms with Crippen molar-refractivity contribution in [1.29, 1.82) is 0 Å². The van der Waals surface area contributed by atoms with Crippen molar-refractivity contribution in [2.24, 2.45) is 0 Å². The molecule has 0 aliphatic rings. The quantitative estimate of drug-likeness (QED) is 0.669. The van der Waals surface area contributed by atoms with E-state index in [1.54, 1.807) is 0 Å². The molecule has 1 amide bonds. The highest BCUT2D eigenvalue weighted by molar-refractivity contribution is 6.02. The number of carbonyl (C=O) groups excluding carboxylic acids is 1. The summed E-state index contributed by atoms with van der Waals surface area (Å²) in [4.78, 5) is 20.6. The lowest BCUT2D eigenvalue weighted by atomic mass is 10.1. The minimum Gasteiger partial charge on any atom is -0.350 e. The van der Waals surface area contributed by atoms with E-state index in [2.05, 4.69) is 20.6 Å². The molecule has 3 aromatic rings. The van der Waals surface area contributed by atoms with Crippen molar-refractivity contribution in [1.82, 2.24) is 9.97 Å². The standard InChI is InChI=1S/C20H17F3N4O/c1-13-4-2-3-5-14(13)12-25-19-24-11-10-17(27-19)18(28)26-16-8-6-15(7-9-16)20(21,22)23/h2-11H,12H2,1H3,(H,26,28)(H,24,25,27). The first-order valence-electron chi connectivity index (χ1n) is 8.43. The third-order valence-electron chi connectivity index (χ3n) is 4.06. The summed E-state index contributed by atoms with van der Waals surface area (Å²) in [6.07, 6.45) is -2.98. The molecule has 28 heavy (non-hydrogen) atoms. The van der Waals surface area contributed by atoms with Gasteiger partial charge in [0.05, 0.1) is 5.56 Å². The fourth-order valence-electron chi connectivity index (χ4n) is 2.49. The van der Waals surface area contributed by atoms with Gasteiger partial charge in [0.2, 0.25) is 5.95 Å². The summed E-state index contributed by atoms with van der Waals surface area (Å²) in [6, 6.07) is 13.5. The summed E-state index contributed by atoms with van der Waals surface area (Å²) in [6.45, 7) is 2.49. The Balaban J connectivity index is 1.66. The molecule has 0 bridgehead atoms. The first-order chi connectivity index (χ1) is 13.3. The van der Waals surface area contributed by atoms with E-state index >= 15 is 0 Å². The van der Waals surface area contributed by atoms with Gasteiger partial charge in [-0.1, -0.05) is 24.3 Å². The van der Waals surface area contributed by atoms with Gasteiger partial charge >= 0.3 is 6.18 Å². The lowest BCUT2D eigenvalue weighted by Crippen LogP contribution is -2.15. The van der Waals surface area contributed by atoms with E-state index < -0.39 is 17.6 Å². The number of nitrogens with zero attached hydrogens (tertiary/aromatic N) is 2. The summed E-state index contributed by atoms with van der Waals surface area (Å²) in [5, 5.41) is 5.58. The fourth-order valence-corrected chi connectivity index (χ4v) is 2.49. The number of halogens is 3. The fraction of sp³-hybridized carbons (Fsp3) is 0.150. The van der Waals surface area contributed by atoms with Crippen molar-refractivity contribution >= 4 is 17.5 Å². The van der Waals surface area contributed by atoms with Gasteiger partial charge in [-0.05, 0) is 48.4 Å². The molecule has 0 saturated heterocycles. The van der Waals surface area contributed by atoms with E-state index in [-0.39, 0.29) is 17.3 Å². The molecule has 8 heteroatoms. The lowest BCUT2D eigenvalue weighted by molar-refractivity contribution is -0.137. The number of nitrogens with one attached hydrogen (secondary N) is 2. The van der Waals surface area contributed by atoms with Crippen LogP contribution in [0.1, 0.15) is 27.2 Å². The van der Waals surface area contributed by atoms with Crippen LogP contribution in [-0.4, -0.2) is 15.9 Å². The Kier molecular flexibility index (Phi) is 5.58. The van der Waals surface area contributed by atoms with Crippen LogP contribution in [-0.2, 0) is 12.7 Å². The number of benzene rings is 2. The number of rotatable bonds is 5. The predicted octanol–water partition coefficient (Wildman–Crippen LogP) is 4.67. The Morgan fingerprint density at radius 1 is 1.04 bits per heavy atom. The molecule has 0 unspecified atom stereocenters. The number of anilines is 2. The first kappa shape index (κ1) is 19.3. The Bertz CT molecular complexity index is 972. The van der Waals surface area contributed by atoms with Crippen molar-refractivity contribution in [3.8, 4) is 0 Å². The molecular formula is C20H17F3N4O. The smallest absolute Gasteiger partial charge is 0.350 e. The van der Waals surface area contributed by atoms with Crippen LogP contribution in [0.5, 0.6) is 0 Å². The topological polar surface area (TPSA) is 66.9 Å². The monoisotopic (exact) mass is 386 g/mol. The molecule has 5 nitrogen and oxygen atoms in total. The Hall–Kier alpha value is -3.42. The second-order valence-electron chi connectivity index (χ2n) is 6.07.